The molecule has 20 heavy (non-hydrogen) atoms. The summed E-state index contributed by atoms with van der Waals surface area (Å²) in [6.45, 7) is 0. The molecule has 1 heterocycles. The number of nitro groups is 1. The minimum atomic E-state index is -3.24. The van der Waals surface area contributed by atoms with Crippen LogP contribution in [0.15, 0.2) is 35.7 Å². The third-order valence-electron chi connectivity index (χ3n) is 2.82. The molecule has 1 atom stereocenters. The number of amides is 1. The van der Waals surface area contributed by atoms with Gasteiger partial charge in [0.05, 0.1) is 23.1 Å². The van der Waals surface area contributed by atoms with E-state index in [1.165, 1.54) is 24.3 Å². The van der Waals surface area contributed by atoms with E-state index in [2.05, 4.69) is 5.32 Å². The van der Waals surface area contributed by atoms with Crippen LogP contribution in [0.25, 0.3) is 0 Å². The zero-order valence-corrected chi connectivity index (χ0v) is 11.2. The fourth-order valence-corrected chi connectivity index (χ4v) is 3.17. The van der Waals surface area contributed by atoms with Crippen molar-refractivity contribution in [1.29, 1.82) is 0 Å². The molecular weight excluding hydrogens is 284 g/mol. The Morgan fingerprint density at radius 1 is 1.40 bits per heavy atom. The normalized spacial score (nSPS) is 19.7. The lowest BCUT2D eigenvalue weighted by atomic mass is 10.1. The molecule has 0 aliphatic carbocycles. The van der Waals surface area contributed by atoms with Gasteiger partial charge in [-0.2, -0.15) is 0 Å². The molecule has 0 saturated heterocycles. The minimum absolute atomic E-state index is 0.128. The highest BCUT2D eigenvalue weighted by Gasteiger charge is 2.24. The molecule has 0 aromatic heterocycles. The average Bonchev–Trinajstić information content (AvgIpc) is 2.68. The summed E-state index contributed by atoms with van der Waals surface area (Å²) in [5, 5.41) is 14.4. The van der Waals surface area contributed by atoms with E-state index < -0.39 is 26.7 Å². The molecule has 0 saturated carbocycles. The van der Waals surface area contributed by atoms with Crippen LogP contribution in [-0.2, 0) is 21.1 Å². The Balaban J connectivity index is 2.03. The highest BCUT2D eigenvalue weighted by atomic mass is 32.2. The zero-order valence-electron chi connectivity index (χ0n) is 10.4. The summed E-state index contributed by atoms with van der Waals surface area (Å²) in [7, 11) is -3.24. The molecule has 1 aromatic carbocycles. The Labute approximate surface area is 115 Å². The van der Waals surface area contributed by atoms with Crippen LogP contribution >= 0.6 is 0 Å². The van der Waals surface area contributed by atoms with Gasteiger partial charge in [-0.1, -0.05) is 18.2 Å². The number of nitrogens with one attached hydrogen (secondary N) is 1. The summed E-state index contributed by atoms with van der Waals surface area (Å²) in [5.41, 5.74) is 0.164. The predicted molar refractivity (Wildman–Crippen MR) is 71.7 cm³/mol. The van der Waals surface area contributed by atoms with Gasteiger partial charge in [0.15, 0.2) is 9.84 Å². The molecule has 1 aliphatic heterocycles. The van der Waals surface area contributed by atoms with Crippen LogP contribution < -0.4 is 5.32 Å². The molecule has 0 spiro atoms. The molecule has 1 N–H and O–H groups in total. The van der Waals surface area contributed by atoms with Crippen molar-refractivity contribution in [3.8, 4) is 0 Å². The minimum Gasteiger partial charge on any atom is -0.349 e. The largest absolute Gasteiger partial charge is 0.349 e. The van der Waals surface area contributed by atoms with Crippen LogP contribution in [0.5, 0.6) is 0 Å². The highest BCUT2D eigenvalue weighted by molar-refractivity contribution is 7.94. The van der Waals surface area contributed by atoms with Crippen LogP contribution in [0.2, 0.25) is 0 Å². The van der Waals surface area contributed by atoms with Gasteiger partial charge in [0.2, 0.25) is 5.91 Å². The predicted octanol–water partition coefficient (Wildman–Crippen LogP) is 0.564. The molecule has 2 rings (SSSR count). The van der Waals surface area contributed by atoms with E-state index in [4.69, 9.17) is 0 Å². The monoisotopic (exact) mass is 296 g/mol. The van der Waals surface area contributed by atoms with Gasteiger partial charge in [0.1, 0.15) is 0 Å². The Morgan fingerprint density at radius 2 is 2.10 bits per heavy atom. The summed E-state index contributed by atoms with van der Waals surface area (Å²) >= 11 is 0. The van der Waals surface area contributed by atoms with Crippen molar-refractivity contribution >= 4 is 21.4 Å². The van der Waals surface area contributed by atoms with Gasteiger partial charge in [0, 0.05) is 17.0 Å². The van der Waals surface area contributed by atoms with Crippen molar-refractivity contribution in [2.75, 3.05) is 5.75 Å². The van der Waals surface area contributed by atoms with Gasteiger partial charge in [-0.25, -0.2) is 8.42 Å². The molecule has 0 fully saturated rings. The number of rotatable bonds is 4. The third kappa shape index (κ3) is 3.41. The lowest BCUT2D eigenvalue weighted by molar-refractivity contribution is -0.385. The molecular formula is C12H12N2O5S. The summed E-state index contributed by atoms with van der Waals surface area (Å²) in [6, 6.07) is 5.37. The summed E-state index contributed by atoms with van der Waals surface area (Å²) in [4.78, 5) is 22.1. The van der Waals surface area contributed by atoms with Gasteiger partial charge in [-0.3, -0.25) is 14.9 Å². The second-order valence-corrected chi connectivity index (χ2v) is 6.33. The second-order valence-electron chi connectivity index (χ2n) is 4.39. The van der Waals surface area contributed by atoms with E-state index in [1.807, 2.05) is 0 Å². The van der Waals surface area contributed by atoms with Crippen molar-refractivity contribution in [1.82, 2.24) is 5.32 Å². The third-order valence-corrected chi connectivity index (χ3v) is 4.21. The van der Waals surface area contributed by atoms with Crippen LogP contribution in [-0.4, -0.2) is 31.0 Å². The number of hydrogen-bond donors (Lipinski definition) is 1. The maximum absolute atomic E-state index is 11.8. The molecule has 7 nitrogen and oxygen atoms in total. The van der Waals surface area contributed by atoms with E-state index in [0.717, 1.165) is 5.41 Å². The standard InChI is InChI=1S/C12H12N2O5S/c15-12(13-10-5-6-20(18,19)8-10)7-9-3-1-2-4-11(9)14(16)17/h1-6,10H,7-8H2,(H,13,15)/t10-/m0/s1. The van der Waals surface area contributed by atoms with Crippen molar-refractivity contribution in [3.63, 3.8) is 0 Å². The number of nitro benzene ring substituents is 1. The molecule has 8 heteroatoms. The molecule has 0 radical (unpaired) electrons. The Kier molecular flexibility index (Phi) is 3.84. The molecule has 106 valence electrons. The Morgan fingerprint density at radius 3 is 2.70 bits per heavy atom. The maximum Gasteiger partial charge on any atom is 0.273 e. The first-order valence-corrected chi connectivity index (χ1v) is 7.51. The van der Waals surface area contributed by atoms with Gasteiger partial charge in [-0.05, 0) is 6.08 Å². The van der Waals surface area contributed by atoms with Crippen LogP contribution in [0.3, 0.4) is 0 Å². The lowest BCUT2D eigenvalue weighted by Gasteiger charge is -2.10. The van der Waals surface area contributed by atoms with Crippen LogP contribution in [0.1, 0.15) is 5.56 Å². The summed E-state index contributed by atoms with van der Waals surface area (Å²) < 4.78 is 22.4. The maximum atomic E-state index is 11.8. The van der Waals surface area contributed by atoms with Crippen molar-refractivity contribution in [2.24, 2.45) is 0 Å². The van der Waals surface area contributed by atoms with E-state index in [9.17, 15) is 23.3 Å². The number of carbonyl (C=O) groups excluding carboxylic acids is 1. The molecule has 0 bridgehead atoms. The number of para-hydroxylation sites is 1. The topological polar surface area (TPSA) is 106 Å². The first-order chi connectivity index (χ1) is 9.37. The van der Waals surface area contributed by atoms with Gasteiger partial charge >= 0.3 is 0 Å². The summed E-state index contributed by atoms with van der Waals surface area (Å²) in [5.74, 6) is -0.624. The van der Waals surface area contributed by atoms with E-state index in [0.29, 0.717) is 5.56 Å². The number of benzene rings is 1. The Bertz CT molecular complexity index is 681. The van der Waals surface area contributed by atoms with E-state index >= 15 is 0 Å². The number of sulfone groups is 1. The van der Waals surface area contributed by atoms with Crippen molar-refractivity contribution < 1.29 is 18.1 Å². The smallest absolute Gasteiger partial charge is 0.273 e. The fraction of sp³-hybridized carbons (Fsp3) is 0.250. The first kappa shape index (κ1) is 14.2. The van der Waals surface area contributed by atoms with Crippen LogP contribution in [0, 0.1) is 10.1 Å². The zero-order chi connectivity index (χ0) is 14.8. The SMILES string of the molecule is O=C(Cc1ccccc1[N+](=O)[O-])N[C@H]1C=CS(=O)(=O)C1. The lowest BCUT2D eigenvalue weighted by Crippen LogP contribution is -2.36. The second kappa shape index (κ2) is 5.41. The van der Waals surface area contributed by atoms with Crippen LogP contribution in [0.4, 0.5) is 5.69 Å². The first-order valence-electron chi connectivity index (χ1n) is 5.80. The van der Waals surface area contributed by atoms with Gasteiger partial charge in [-0.15, -0.1) is 0 Å². The summed E-state index contributed by atoms with van der Waals surface area (Å²) in [6.07, 6.45) is 1.23. The quantitative estimate of drug-likeness (QED) is 0.645. The molecule has 0 unspecified atom stereocenters. The number of nitrogens with zero attached hydrogens (tertiary/aromatic N) is 1. The van der Waals surface area contributed by atoms with Crippen molar-refractivity contribution in [2.45, 2.75) is 12.5 Å². The fourth-order valence-electron chi connectivity index (χ4n) is 1.93. The molecule has 1 aliphatic rings. The molecule has 1 amide bonds. The Hall–Kier alpha value is -2.22. The number of carbonyl (C=O) groups is 1. The van der Waals surface area contributed by atoms with Gasteiger partial charge in [0.25, 0.3) is 5.69 Å². The highest BCUT2D eigenvalue weighted by Crippen LogP contribution is 2.18. The van der Waals surface area contributed by atoms with Crippen molar-refractivity contribution in [3.05, 3.63) is 51.4 Å². The number of hydrogen-bond acceptors (Lipinski definition) is 5. The van der Waals surface area contributed by atoms with E-state index in [1.54, 1.807) is 6.07 Å². The van der Waals surface area contributed by atoms with Gasteiger partial charge < -0.3 is 5.32 Å². The average molecular weight is 296 g/mol. The van der Waals surface area contributed by atoms with E-state index in [-0.39, 0.29) is 17.9 Å². The molecule has 1 aromatic rings.